The molecule has 0 saturated heterocycles. The normalized spacial score (nSPS) is 10.9. The van der Waals surface area contributed by atoms with Crippen molar-refractivity contribution in [2.24, 2.45) is 7.05 Å². The van der Waals surface area contributed by atoms with Crippen molar-refractivity contribution in [2.75, 3.05) is 11.9 Å². The van der Waals surface area contributed by atoms with Crippen molar-refractivity contribution in [3.63, 3.8) is 0 Å². The van der Waals surface area contributed by atoms with Crippen LogP contribution in [-0.4, -0.2) is 32.8 Å². The fourth-order valence-electron chi connectivity index (χ4n) is 3.53. The van der Waals surface area contributed by atoms with Crippen LogP contribution in [0.4, 0.5) is 5.69 Å². The van der Waals surface area contributed by atoms with Crippen molar-refractivity contribution in [1.29, 1.82) is 0 Å². The van der Waals surface area contributed by atoms with E-state index in [0.717, 1.165) is 22.3 Å². The summed E-state index contributed by atoms with van der Waals surface area (Å²) in [7, 11) is 1.86. The van der Waals surface area contributed by atoms with Crippen LogP contribution in [0.3, 0.4) is 0 Å². The first-order chi connectivity index (χ1) is 14.5. The van der Waals surface area contributed by atoms with Crippen molar-refractivity contribution in [1.82, 2.24) is 14.3 Å². The highest BCUT2D eigenvalue weighted by Crippen LogP contribution is 2.23. The first-order valence-corrected chi connectivity index (χ1v) is 9.58. The van der Waals surface area contributed by atoms with Crippen LogP contribution >= 0.6 is 0 Å². The van der Waals surface area contributed by atoms with E-state index in [4.69, 9.17) is 4.74 Å². The van der Waals surface area contributed by atoms with Crippen LogP contribution in [0.5, 0.6) is 0 Å². The minimum atomic E-state index is -0.532. The quantitative estimate of drug-likeness (QED) is 0.516. The lowest BCUT2D eigenvalue weighted by atomic mass is 10.2. The zero-order valence-electron chi connectivity index (χ0n) is 17.0. The zero-order valence-corrected chi connectivity index (χ0v) is 17.0. The lowest BCUT2D eigenvalue weighted by molar-refractivity contribution is -0.119. The summed E-state index contributed by atoms with van der Waals surface area (Å²) < 4.78 is 8.89. The molecule has 4 aromatic rings. The number of aryl methyl sites for hydroxylation is 2. The summed E-state index contributed by atoms with van der Waals surface area (Å²) in [4.78, 5) is 25.0. The lowest BCUT2D eigenvalue weighted by Gasteiger charge is -2.08. The minimum Gasteiger partial charge on any atom is -0.452 e. The summed E-state index contributed by atoms with van der Waals surface area (Å²) in [6.45, 7) is 3.33. The highest BCUT2D eigenvalue weighted by Gasteiger charge is 2.18. The van der Waals surface area contributed by atoms with Gasteiger partial charge in [-0.1, -0.05) is 36.4 Å². The van der Waals surface area contributed by atoms with Crippen LogP contribution in [0, 0.1) is 13.8 Å². The molecule has 0 bridgehead atoms. The number of carbonyl (C=O) groups excluding carboxylic acids is 2. The Bertz CT molecular complexity index is 1240. The highest BCUT2D eigenvalue weighted by atomic mass is 16.5. The number of carbonyl (C=O) groups is 2. The smallest absolute Gasteiger partial charge is 0.340 e. The number of nitrogens with one attached hydrogen (secondary N) is 1. The molecule has 0 fully saturated rings. The third-order valence-electron chi connectivity index (χ3n) is 5.01. The Morgan fingerprint density at radius 1 is 1.03 bits per heavy atom. The van der Waals surface area contributed by atoms with Crippen LogP contribution < -0.4 is 5.32 Å². The van der Waals surface area contributed by atoms with Gasteiger partial charge in [-0.25, -0.2) is 9.48 Å². The molecule has 152 valence electrons. The third kappa shape index (κ3) is 3.57. The molecule has 4 rings (SSSR count). The number of aromatic nitrogens is 3. The molecule has 0 atom stereocenters. The van der Waals surface area contributed by atoms with Crippen LogP contribution in [0.1, 0.15) is 21.7 Å². The van der Waals surface area contributed by atoms with Gasteiger partial charge in [-0.15, -0.1) is 0 Å². The molecular weight excluding hydrogens is 380 g/mol. The van der Waals surface area contributed by atoms with Gasteiger partial charge >= 0.3 is 5.97 Å². The number of para-hydroxylation sites is 2. The molecule has 7 nitrogen and oxygen atoms in total. The average Bonchev–Trinajstić information content (AvgIpc) is 3.24. The molecule has 2 aromatic heterocycles. The summed E-state index contributed by atoms with van der Waals surface area (Å²) >= 11 is 0. The van der Waals surface area contributed by atoms with Gasteiger partial charge in [0.25, 0.3) is 5.91 Å². The van der Waals surface area contributed by atoms with Crippen molar-refractivity contribution < 1.29 is 14.3 Å². The second-order valence-electron chi connectivity index (χ2n) is 7.09. The van der Waals surface area contributed by atoms with E-state index in [1.807, 2.05) is 80.1 Å². The van der Waals surface area contributed by atoms with E-state index >= 15 is 0 Å². The number of amides is 1. The van der Waals surface area contributed by atoms with E-state index in [1.54, 1.807) is 10.9 Å². The lowest BCUT2D eigenvalue weighted by Crippen LogP contribution is -2.21. The summed E-state index contributed by atoms with van der Waals surface area (Å²) in [5.74, 6) is -0.947. The van der Waals surface area contributed by atoms with E-state index in [-0.39, 0.29) is 6.61 Å². The Balaban J connectivity index is 1.45. The van der Waals surface area contributed by atoms with Crippen molar-refractivity contribution in [3.8, 4) is 5.69 Å². The van der Waals surface area contributed by atoms with Gasteiger partial charge in [0.2, 0.25) is 0 Å². The van der Waals surface area contributed by atoms with Crippen molar-refractivity contribution in [2.45, 2.75) is 13.8 Å². The average molecular weight is 402 g/mol. The van der Waals surface area contributed by atoms with E-state index in [9.17, 15) is 9.59 Å². The predicted octanol–water partition coefficient (Wildman–Crippen LogP) is 3.78. The van der Waals surface area contributed by atoms with Crippen LogP contribution in [-0.2, 0) is 16.6 Å². The molecule has 0 aliphatic carbocycles. The second kappa shape index (κ2) is 7.87. The molecule has 0 aliphatic heterocycles. The molecular formula is C23H22N4O3. The maximum atomic E-state index is 12.5. The number of nitrogens with zero attached hydrogens (tertiary/aromatic N) is 3. The summed E-state index contributed by atoms with van der Waals surface area (Å²) in [6, 6.07) is 17.2. The Hall–Kier alpha value is -3.87. The first kappa shape index (κ1) is 19.4. The molecule has 0 aliphatic rings. The van der Waals surface area contributed by atoms with Crippen LogP contribution in [0.25, 0.3) is 16.6 Å². The molecule has 0 spiro atoms. The van der Waals surface area contributed by atoms with Gasteiger partial charge in [0, 0.05) is 24.1 Å². The van der Waals surface area contributed by atoms with Gasteiger partial charge in [-0.3, -0.25) is 4.79 Å². The number of benzene rings is 2. The Kier molecular flexibility index (Phi) is 5.10. The molecule has 0 radical (unpaired) electrons. The maximum Gasteiger partial charge on any atom is 0.340 e. The van der Waals surface area contributed by atoms with Gasteiger partial charge in [0.05, 0.1) is 28.3 Å². The van der Waals surface area contributed by atoms with Crippen molar-refractivity contribution in [3.05, 3.63) is 77.7 Å². The van der Waals surface area contributed by atoms with E-state index in [1.165, 1.54) is 0 Å². The monoisotopic (exact) mass is 402 g/mol. The largest absolute Gasteiger partial charge is 0.452 e. The highest BCUT2D eigenvalue weighted by molar-refractivity contribution is 6.05. The minimum absolute atomic E-state index is 0.378. The third-order valence-corrected chi connectivity index (χ3v) is 5.01. The number of esters is 1. The molecule has 2 aromatic carbocycles. The van der Waals surface area contributed by atoms with Crippen molar-refractivity contribution >= 4 is 28.5 Å². The molecule has 0 saturated carbocycles. The molecule has 2 heterocycles. The summed E-state index contributed by atoms with van der Waals surface area (Å²) in [5.41, 5.74) is 4.36. The summed E-state index contributed by atoms with van der Waals surface area (Å²) in [5, 5.41) is 8.11. The topological polar surface area (TPSA) is 78.2 Å². The molecule has 7 heteroatoms. The van der Waals surface area contributed by atoms with Crippen LogP contribution in [0.2, 0.25) is 0 Å². The van der Waals surface area contributed by atoms with Crippen LogP contribution in [0.15, 0.2) is 60.8 Å². The molecule has 1 N–H and O–H groups in total. The second-order valence-corrected chi connectivity index (χ2v) is 7.09. The van der Waals surface area contributed by atoms with Gasteiger partial charge in [0.1, 0.15) is 0 Å². The van der Waals surface area contributed by atoms with E-state index in [0.29, 0.717) is 16.9 Å². The summed E-state index contributed by atoms with van der Waals surface area (Å²) in [6.07, 6.45) is 1.71. The fourth-order valence-corrected chi connectivity index (χ4v) is 3.53. The first-order valence-electron chi connectivity index (χ1n) is 9.58. The number of ether oxygens (including phenoxy) is 1. The zero-order chi connectivity index (χ0) is 21.3. The number of anilines is 1. The number of fused-ring (bicyclic) bond motifs is 1. The number of hydrogen-bond donors (Lipinski definition) is 1. The van der Waals surface area contributed by atoms with E-state index < -0.39 is 11.9 Å². The Morgan fingerprint density at radius 2 is 1.73 bits per heavy atom. The predicted molar refractivity (Wildman–Crippen MR) is 115 cm³/mol. The Morgan fingerprint density at radius 3 is 2.50 bits per heavy atom. The van der Waals surface area contributed by atoms with Gasteiger partial charge in [0.15, 0.2) is 6.61 Å². The SMILES string of the molecule is Cc1nn(-c2ccccc2)c(C)c1NC(=O)COC(=O)c1cn(C)c2ccccc12. The fraction of sp³-hybridized carbons (Fsp3) is 0.174. The molecule has 30 heavy (non-hydrogen) atoms. The number of hydrogen-bond acceptors (Lipinski definition) is 4. The van der Waals surface area contributed by atoms with Gasteiger partial charge < -0.3 is 14.6 Å². The number of rotatable bonds is 5. The molecule has 0 unspecified atom stereocenters. The maximum absolute atomic E-state index is 12.5. The van der Waals surface area contributed by atoms with E-state index in [2.05, 4.69) is 10.4 Å². The van der Waals surface area contributed by atoms with Gasteiger partial charge in [-0.05, 0) is 32.0 Å². The van der Waals surface area contributed by atoms with Gasteiger partial charge in [-0.2, -0.15) is 5.10 Å². The standard InChI is InChI=1S/C23H22N4O3/c1-15-22(16(2)27(25-15)17-9-5-4-6-10-17)24-21(28)14-30-23(29)19-13-26(3)20-12-8-7-11-18(19)20/h4-13H,14H2,1-3H3,(H,24,28). The Labute approximate surface area is 173 Å². The molecule has 1 amide bonds.